The van der Waals surface area contributed by atoms with Crippen LogP contribution in [0.3, 0.4) is 0 Å². The molecule has 7 nitrogen and oxygen atoms in total. The van der Waals surface area contributed by atoms with Gasteiger partial charge in [0.05, 0.1) is 26.6 Å². The summed E-state index contributed by atoms with van der Waals surface area (Å²) in [7, 11) is -2.51. The van der Waals surface area contributed by atoms with E-state index in [0.29, 0.717) is 5.01 Å². The zero-order chi connectivity index (χ0) is 18.2. The van der Waals surface area contributed by atoms with Crippen molar-refractivity contribution in [1.82, 2.24) is 9.29 Å². The molecule has 0 aliphatic heterocycles. The Hall–Kier alpha value is -2.07. The molecular weight excluding hydrogens is 386 g/mol. The first kappa shape index (κ1) is 17.7. The highest BCUT2D eigenvalue weighted by molar-refractivity contribution is 7.89. The quantitative estimate of drug-likeness (QED) is 0.483. The lowest BCUT2D eigenvalue weighted by Gasteiger charge is -2.15. The van der Waals surface area contributed by atoms with Gasteiger partial charge in [-0.3, -0.25) is 10.1 Å². The first-order chi connectivity index (χ1) is 11.8. The van der Waals surface area contributed by atoms with Gasteiger partial charge in [0.2, 0.25) is 10.0 Å². The van der Waals surface area contributed by atoms with Gasteiger partial charge in [0.1, 0.15) is 10.0 Å². The molecule has 0 atom stereocenters. The van der Waals surface area contributed by atoms with Crippen LogP contribution in [0.25, 0.3) is 10.2 Å². The molecule has 25 heavy (non-hydrogen) atoms. The molecule has 1 heterocycles. The number of aromatic nitrogens is 1. The highest BCUT2D eigenvalue weighted by Gasteiger charge is 2.25. The summed E-state index contributed by atoms with van der Waals surface area (Å²) in [5.41, 5.74) is 0.353. The van der Waals surface area contributed by atoms with Crippen LogP contribution < -0.4 is 0 Å². The van der Waals surface area contributed by atoms with Gasteiger partial charge in [-0.1, -0.05) is 23.7 Å². The maximum absolute atomic E-state index is 12.7. The summed E-state index contributed by atoms with van der Waals surface area (Å²) in [5, 5.41) is 11.5. The molecule has 0 radical (unpaired) electrons. The summed E-state index contributed by atoms with van der Waals surface area (Å²) < 4.78 is 27.4. The van der Waals surface area contributed by atoms with Crippen LogP contribution in [0, 0.1) is 10.1 Å². The summed E-state index contributed by atoms with van der Waals surface area (Å²) in [4.78, 5) is 14.5. The van der Waals surface area contributed by atoms with Crippen LogP contribution in [0.2, 0.25) is 5.02 Å². The number of hydrogen-bond acceptors (Lipinski definition) is 6. The predicted molar refractivity (Wildman–Crippen MR) is 96.4 cm³/mol. The van der Waals surface area contributed by atoms with Crippen LogP contribution in [-0.2, 0) is 16.6 Å². The van der Waals surface area contributed by atoms with Crippen LogP contribution >= 0.6 is 22.9 Å². The summed E-state index contributed by atoms with van der Waals surface area (Å²) >= 11 is 7.14. The third-order valence-electron chi connectivity index (χ3n) is 3.52. The number of para-hydroxylation sites is 1. The number of thiazole rings is 1. The monoisotopic (exact) mass is 397 g/mol. The van der Waals surface area contributed by atoms with Crippen molar-refractivity contribution in [3.8, 4) is 0 Å². The minimum Gasteiger partial charge on any atom is -0.258 e. The average Bonchev–Trinajstić information content (AvgIpc) is 2.96. The number of fused-ring (bicyclic) bond motifs is 1. The molecule has 0 bridgehead atoms. The van der Waals surface area contributed by atoms with Crippen LogP contribution in [0.5, 0.6) is 0 Å². The second-order valence-corrected chi connectivity index (χ2v) is 8.77. The van der Waals surface area contributed by atoms with Crippen molar-refractivity contribution in [1.29, 1.82) is 0 Å². The lowest BCUT2D eigenvalue weighted by molar-refractivity contribution is -0.384. The molecule has 0 unspecified atom stereocenters. The number of nitro benzene ring substituents is 1. The Balaban J connectivity index is 1.91. The van der Waals surface area contributed by atoms with Gasteiger partial charge in [-0.05, 0) is 24.3 Å². The SMILES string of the molecule is CN(Cc1nc2ccccc2s1)S(=O)(=O)c1ccc(Cl)c([N+](=O)[O-])c1. The Morgan fingerprint density at radius 2 is 2.00 bits per heavy atom. The number of sulfonamides is 1. The van der Waals surface area contributed by atoms with Crippen LogP contribution in [0.1, 0.15) is 5.01 Å². The van der Waals surface area contributed by atoms with Crippen molar-refractivity contribution < 1.29 is 13.3 Å². The fourth-order valence-corrected chi connectivity index (χ4v) is 4.68. The Morgan fingerprint density at radius 3 is 2.68 bits per heavy atom. The Morgan fingerprint density at radius 1 is 1.28 bits per heavy atom. The first-order valence-corrected chi connectivity index (χ1v) is 9.67. The lowest BCUT2D eigenvalue weighted by Crippen LogP contribution is -2.26. The predicted octanol–water partition coefficient (Wildman–Crippen LogP) is 3.68. The molecule has 0 fully saturated rings. The molecule has 0 aliphatic rings. The van der Waals surface area contributed by atoms with E-state index in [2.05, 4.69) is 4.98 Å². The third-order valence-corrected chi connectivity index (χ3v) is 6.66. The van der Waals surface area contributed by atoms with Gasteiger partial charge in [0.15, 0.2) is 0 Å². The van der Waals surface area contributed by atoms with Crippen molar-refractivity contribution in [2.75, 3.05) is 7.05 Å². The maximum atomic E-state index is 12.7. The molecule has 0 amide bonds. The van der Waals surface area contributed by atoms with Crippen molar-refractivity contribution in [2.45, 2.75) is 11.4 Å². The molecule has 3 rings (SSSR count). The van der Waals surface area contributed by atoms with Gasteiger partial charge in [-0.15, -0.1) is 11.3 Å². The first-order valence-electron chi connectivity index (χ1n) is 7.04. The number of halogens is 1. The van der Waals surface area contributed by atoms with Crippen molar-refractivity contribution in [3.05, 3.63) is 62.6 Å². The second kappa shape index (κ2) is 6.68. The van der Waals surface area contributed by atoms with Crippen LogP contribution in [0.15, 0.2) is 47.4 Å². The molecular formula is C15H12ClN3O4S2. The largest absolute Gasteiger partial charge is 0.289 e. The molecule has 2 aromatic carbocycles. The number of rotatable bonds is 5. The average molecular weight is 398 g/mol. The van der Waals surface area contributed by atoms with Crippen LogP contribution in [-0.4, -0.2) is 29.7 Å². The molecule has 10 heteroatoms. The molecule has 3 aromatic rings. The molecule has 130 valence electrons. The highest BCUT2D eigenvalue weighted by Crippen LogP contribution is 2.29. The topological polar surface area (TPSA) is 93.4 Å². The minimum absolute atomic E-state index is 0.0676. The van der Waals surface area contributed by atoms with E-state index in [-0.39, 0.29) is 16.5 Å². The van der Waals surface area contributed by atoms with Gasteiger partial charge >= 0.3 is 0 Å². The molecule has 1 aromatic heterocycles. The summed E-state index contributed by atoms with van der Waals surface area (Å²) in [6.07, 6.45) is 0. The number of benzene rings is 2. The van der Waals surface area contributed by atoms with Gasteiger partial charge in [-0.25, -0.2) is 13.4 Å². The summed E-state index contributed by atoms with van der Waals surface area (Å²) in [6.45, 7) is 0.0676. The van der Waals surface area contributed by atoms with E-state index in [0.717, 1.165) is 20.6 Å². The second-order valence-electron chi connectivity index (χ2n) is 5.21. The zero-order valence-electron chi connectivity index (χ0n) is 12.9. The molecule has 0 aliphatic carbocycles. The number of nitro groups is 1. The van der Waals surface area contributed by atoms with Crippen molar-refractivity contribution in [2.24, 2.45) is 0 Å². The van der Waals surface area contributed by atoms with E-state index in [1.807, 2.05) is 24.3 Å². The summed E-state index contributed by atoms with van der Waals surface area (Å²) in [6, 6.07) is 10.9. The standard InChI is InChI=1S/C15H12ClN3O4S2/c1-18(9-15-17-12-4-2-3-5-14(12)24-15)25(22,23)10-6-7-11(16)13(8-10)19(20)21/h2-8H,9H2,1H3. The fraction of sp³-hybridized carbons (Fsp3) is 0.133. The van der Waals surface area contributed by atoms with E-state index in [1.165, 1.54) is 30.5 Å². The Kier molecular flexibility index (Phi) is 4.74. The van der Waals surface area contributed by atoms with E-state index in [9.17, 15) is 18.5 Å². The fourth-order valence-electron chi connectivity index (χ4n) is 2.24. The molecule has 0 N–H and O–H groups in total. The smallest absolute Gasteiger partial charge is 0.258 e. The maximum Gasteiger partial charge on any atom is 0.289 e. The lowest BCUT2D eigenvalue weighted by atomic mass is 10.3. The van der Waals surface area contributed by atoms with Crippen molar-refractivity contribution in [3.63, 3.8) is 0 Å². The van der Waals surface area contributed by atoms with Gasteiger partial charge in [0, 0.05) is 13.1 Å². The van der Waals surface area contributed by atoms with E-state index < -0.39 is 20.6 Å². The normalized spacial score (nSPS) is 12.0. The summed E-state index contributed by atoms with van der Waals surface area (Å²) in [5.74, 6) is 0. The molecule has 0 saturated heterocycles. The minimum atomic E-state index is -3.91. The molecule has 0 saturated carbocycles. The van der Waals surface area contributed by atoms with E-state index in [4.69, 9.17) is 11.6 Å². The van der Waals surface area contributed by atoms with Gasteiger partial charge < -0.3 is 0 Å². The van der Waals surface area contributed by atoms with E-state index in [1.54, 1.807) is 0 Å². The van der Waals surface area contributed by atoms with Gasteiger partial charge in [-0.2, -0.15) is 4.31 Å². The third kappa shape index (κ3) is 3.49. The Bertz CT molecular complexity index is 1030. The van der Waals surface area contributed by atoms with Crippen LogP contribution in [0.4, 0.5) is 5.69 Å². The highest BCUT2D eigenvalue weighted by atomic mass is 35.5. The zero-order valence-corrected chi connectivity index (χ0v) is 15.3. The molecule has 0 spiro atoms. The van der Waals surface area contributed by atoms with E-state index >= 15 is 0 Å². The van der Waals surface area contributed by atoms with Crippen molar-refractivity contribution >= 4 is 48.9 Å². The number of hydrogen-bond donors (Lipinski definition) is 0. The Labute approximate surface area is 152 Å². The van der Waals surface area contributed by atoms with Gasteiger partial charge in [0.25, 0.3) is 5.69 Å². The number of nitrogens with zero attached hydrogens (tertiary/aromatic N) is 3.